The Bertz CT molecular complexity index is 1760. The largest absolute Gasteiger partial charge is 0.497 e. The first-order chi connectivity index (χ1) is 22.6. The van der Waals surface area contributed by atoms with Crippen LogP contribution in [-0.2, 0) is 13.0 Å². The van der Waals surface area contributed by atoms with E-state index in [-0.39, 0.29) is 11.4 Å². The van der Waals surface area contributed by atoms with Crippen LogP contribution < -0.4 is 15.4 Å². The molecule has 0 aliphatic carbocycles. The average molecular weight is 626 g/mol. The Hall–Kier alpha value is -5.01. The number of amidine groups is 2. The maximum absolute atomic E-state index is 5.09. The highest BCUT2D eigenvalue weighted by molar-refractivity contribution is 8.00. The Morgan fingerprint density at radius 1 is 0.870 bits per heavy atom. The second-order valence-corrected chi connectivity index (χ2v) is 12.5. The molecule has 232 valence electrons. The number of ether oxygens (including phenoxy) is 1. The number of para-hydroxylation sites is 2. The number of hydrogen-bond acceptors (Lipinski definition) is 7. The molecule has 46 heavy (non-hydrogen) atoms. The third-order valence-corrected chi connectivity index (χ3v) is 9.33. The van der Waals surface area contributed by atoms with Gasteiger partial charge in [0.2, 0.25) is 0 Å². The Morgan fingerprint density at radius 3 is 2.33 bits per heavy atom. The zero-order chi connectivity index (χ0) is 31.7. The maximum Gasteiger partial charge on any atom is 0.171 e. The zero-order valence-corrected chi connectivity index (χ0v) is 27.1. The molecule has 0 spiro atoms. The first-order valence-electron chi connectivity index (χ1n) is 15.5. The van der Waals surface area contributed by atoms with Crippen molar-refractivity contribution in [3.63, 3.8) is 0 Å². The number of nitrogens with zero attached hydrogens (tertiary/aromatic N) is 3. The average Bonchev–Trinajstić information content (AvgIpc) is 3.54. The molecule has 0 fully saturated rings. The summed E-state index contributed by atoms with van der Waals surface area (Å²) in [7, 11) is 3.76. The highest BCUT2D eigenvalue weighted by Crippen LogP contribution is 2.41. The number of hydrogen-bond donors (Lipinski definition) is 2. The standard InChI is InChI=1S/C32H31N5S.C7H8O/c1-22-16-17-24-12-6-7-13-25(24)19-33-30(35-28(22)18-23-10-4-3-5-11-23)31-34-20-26(21-37(31)2)32-36-27-14-8-9-15-29(27)38-32;1-8-7-5-3-2-4-6-7/h3-17,20,28,32,36H,1,18-19,21H2,2H3,(H,33,35);2-6H,1H3/b17-16-;. The van der Waals surface area contributed by atoms with Crippen molar-refractivity contribution in [2.75, 3.05) is 26.0 Å². The van der Waals surface area contributed by atoms with Gasteiger partial charge in [-0.2, -0.15) is 0 Å². The summed E-state index contributed by atoms with van der Waals surface area (Å²) in [6, 6.07) is 37.1. The van der Waals surface area contributed by atoms with Gasteiger partial charge in [0.1, 0.15) is 11.1 Å². The molecule has 4 aromatic carbocycles. The Kier molecular flexibility index (Phi) is 10.0. The number of aliphatic imine (C=N–C) groups is 2. The summed E-state index contributed by atoms with van der Waals surface area (Å²) in [4.78, 5) is 13.5. The molecule has 0 aromatic heterocycles. The predicted octanol–water partition coefficient (Wildman–Crippen LogP) is 7.84. The topological polar surface area (TPSA) is 61.2 Å². The molecule has 6 nitrogen and oxygen atoms in total. The van der Waals surface area contributed by atoms with Crippen LogP contribution in [0, 0.1) is 0 Å². The van der Waals surface area contributed by atoms with E-state index in [2.05, 4.69) is 120 Å². The van der Waals surface area contributed by atoms with Gasteiger partial charge in [0, 0.05) is 35.9 Å². The van der Waals surface area contributed by atoms with E-state index < -0.39 is 0 Å². The SMILES string of the molecule is C=C1/C=C\c2ccccc2CN=C(C2=NC=C(C3Nc4ccccc4S3)CN2C)NC1Cc1ccccc1.COc1ccccc1. The van der Waals surface area contributed by atoms with Gasteiger partial charge in [-0.15, -0.1) is 0 Å². The normalized spacial score (nSPS) is 19.4. The fraction of sp³-hybridized carbons (Fsp3) is 0.179. The molecule has 3 heterocycles. The highest BCUT2D eigenvalue weighted by Gasteiger charge is 2.29. The predicted molar refractivity (Wildman–Crippen MR) is 194 cm³/mol. The molecular weight excluding hydrogens is 587 g/mol. The first-order valence-corrected chi connectivity index (χ1v) is 16.3. The van der Waals surface area contributed by atoms with Crippen molar-refractivity contribution >= 4 is 35.2 Å². The minimum absolute atomic E-state index is 0.0132. The van der Waals surface area contributed by atoms with E-state index in [1.807, 2.05) is 48.3 Å². The van der Waals surface area contributed by atoms with Gasteiger partial charge in [0.15, 0.2) is 11.7 Å². The van der Waals surface area contributed by atoms with Crippen molar-refractivity contribution in [2.45, 2.75) is 29.3 Å². The number of nitrogens with one attached hydrogen (secondary N) is 2. The molecule has 0 amide bonds. The van der Waals surface area contributed by atoms with Gasteiger partial charge in [-0.1, -0.05) is 115 Å². The summed E-state index contributed by atoms with van der Waals surface area (Å²) in [5, 5.41) is 7.55. The van der Waals surface area contributed by atoms with Crippen LogP contribution in [0.4, 0.5) is 5.69 Å². The third-order valence-electron chi connectivity index (χ3n) is 8.06. The molecule has 7 heteroatoms. The molecule has 0 radical (unpaired) electrons. The summed E-state index contributed by atoms with van der Waals surface area (Å²) in [5.41, 5.74) is 7.04. The van der Waals surface area contributed by atoms with Gasteiger partial charge in [-0.3, -0.25) is 4.99 Å². The Morgan fingerprint density at radius 2 is 1.59 bits per heavy atom. The van der Waals surface area contributed by atoms with Crippen LogP contribution >= 0.6 is 11.8 Å². The Labute approximate surface area is 276 Å². The number of rotatable bonds is 5. The lowest BCUT2D eigenvalue weighted by atomic mass is 9.97. The fourth-order valence-corrected chi connectivity index (χ4v) is 6.66. The molecule has 0 saturated carbocycles. The van der Waals surface area contributed by atoms with E-state index in [1.165, 1.54) is 32.8 Å². The molecule has 2 N–H and O–H groups in total. The second kappa shape index (κ2) is 14.8. The first kappa shape index (κ1) is 31.0. The molecule has 0 bridgehead atoms. The lowest BCUT2D eigenvalue weighted by molar-refractivity contribution is 0.415. The highest BCUT2D eigenvalue weighted by atomic mass is 32.2. The van der Waals surface area contributed by atoms with Crippen molar-refractivity contribution < 1.29 is 4.74 Å². The van der Waals surface area contributed by atoms with Gasteiger partial charge in [-0.05, 0) is 52.9 Å². The minimum Gasteiger partial charge on any atom is -0.497 e. The fourth-order valence-electron chi connectivity index (χ4n) is 5.52. The molecule has 2 unspecified atom stereocenters. The van der Waals surface area contributed by atoms with Crippen molar-refractivity contribution in [1.82, 2.24) is 10.2 Å². The molecule has 0 saturated heterocycles. The van der Waals surface area contributed by atoms with E-state index in [0.29, 0.717) is 6.54 Å². The van der Waals surface area contributed by atoms with Gasteiger partial charge in [-0.25, -0.2) is 4.99 Å². The number of likely N-dealkylation sites (N-methyl/N-ethyl adjacent to an activating group) is 1. The molecule has 7 rings (SSSR count). The van der Waals surface area contributed by atoms with Crippen LogP contribution in [0.15, 0.2) is 154 Å². The molecule has 2 atom stereocenters. The van der Waals surface area contributed by atoms with E-state index in [9.17, 15) is 0 Å². The van der Waals surface area contributed by atoms with E-state index in [0.717, 1.165) is 36.0 Å². The van der Waals surface area contributed by atoms with Gasteiger partial charge in [0.05, 0.1) is 19.7 Å². The lowest BCUT2D eigenvalue weighted by Crippen LogP contribution is -2.48. The van der Waals surface area contributed by atoms with Crippen LogP contribution in [0.5, 0.6) is 5.75 Å². The number of thioether (sulfide) groups is 1. The second-order valence-electron chi connectivity index (χ2n) is 11.3. The van der Waals surface area contributed by atoms with Crippen LogP contribution in [-0.4, -0.2) is 48.7 Å². The van der Waals surface area contributed by atoms with Gasteiger partial charge < -0.3 is 20.3 Å². The van der Waals surface area contributed by atoms with Crippen molar-refractivity contribution in [3.8, 4) is 5.75 Å². The zero-order valence-electron chi connectivity index (χ0n) is 26.3. The number of fused-ring (bicyclic) bond motifs is 2. The lowest BCUT2D eigenvalue weighted by Gasteiger charge is -2.31. The molecule has 3 aliphatic heterocycles. The van der Waals surface area contributed by atoms with E-state index in [1.54, 1.807) is 7.11 Å². The summed E-state index contributed by atoms with van der Waals surface area (Å²) in [6.45, 7) is 5.79. The number of benzene rings is 4. The van der Waals surface area contributed by atoms with E-state index >= 15 is 0 Å². The number of anilines is 1. The monoisotopic (exact) mass is 625 g/mol. The summed E-state index contributed by atoms with van der Waals surface area (Å²) < 4.78 is 4.91. The third kappa shape index (κ3) is 7.61. The molecule has 3 aliphatic rings. The van der Waals surface area contributed by atoms with Crippen molar-refractivity contribution in [2.24, 2.45) is 9.98 Å². The van der Waals surface area contributed by atoms with Gasteiger partial charge >= 0.3 is 0 Å². The van der Waals surface area contributed by atoms with Crippen LogP contribution in [0.3, 0.4) is 0 Å². The Balaban J connectivity index is 0.000000407. The van der Waals surface area contributed by atoms with E-state index in [4.69, 9.17) is 14.7 Å². The quantitative estimate of drug-likeness (QED) is 0.237. The molecule has 4 aromatic rings. The summed E-state index contributed by atoms with van der Waals surface area (Å²) in [5.74, 6) is 2.56. The summed E-state index contributed by atoms with van der Waals surface area (Å²) >= 11 is 1.85. The molecular formula is C39H39N5OS. The number of methoxy groups -OCH3 is 1. The van der Waals surface area contributed by atoms with Gasteiger partial charge in [0.25, 0.3) is 0 Å². The van der Waals surface area contributed by atoms with Crippen molar-refractivity contribution in [1.29, 1.82) is 0 Å². The van der Waals surface area contributed by atoms with Crippen LogP contribution in [0.1, 0.15) is 16.7 Å². The van der Waals surface area contributed by atoms with Crippen LogP contribution in [0.25, 0.3) is 6.08 Å². The summed E-state index contributed by atoms with van der Waals surface area (Å²) in [6.07, 6.45) is 7.11. The van der Waals surface area contributed by atoms with Crippen LogP contribution in [0.2, 0.25) is 0 Å². The smallest absolute Gasteiger partial charge is 0.171 e. The maximum atomic E-state index is 5.09. The minimum atomic E-state index is -0.0132. The van der Waals surface area contributed by atoms with Crippen molar-refractivity contribution in [3.05, 3.63) is 156 Å².